The van der Waals surface area contributed by atoms with Gasteiger partial charge in [-0.05, 0) is 58.2 Å². The Morgan fingerprint density at radius 1 is 0.909 bits per heavy atom. The van der Waals surface area contributed by atoms with Gasteiger partial charge >= 0.3 is 0 Å². The molecule has 0 heterocycles. The fourth-order valence-corrected chi connectivity index (χ4v) is 13.7. The first-order chi connectivity index (χ1) is 10.1. The van der Waals surface area contributed by atoms with Gasteiger partial charge in [0.15, 0.2) is 16.6 Å². The summed E-state index contributed by atoms with van der Waals surface area (Å²) in [4.78, 5) is 4.05. The standard InChI is InChI=1S/C16H39NO2Si3/c1-8-14-22(19-21(5,6)7,15-18-20(2,3)4)17-16-12-10-9-11-13-16/h16-17H,8-15H2,1-7H3. The van der Waals surface area contributed by atoms with Gasteiger partial charge in [0.1, 0.15) is 0 Å². The summed E-state index contributed by atoms with van der Waals surface area (Å²) in [5.41, 5.74) is 0. The minimum absolute atomic E-state index is 0.661. The van der Waals surface area contributed by atoms with Crippen LogP contribution in [0.3, 0.4) is 0 Å². The van der Waals surface area contributed by atoms with Gasteiger partial charge in [-0.15, -0.1) is 0 Å². The van der Waals surface area contributed by atoms with E-state index in [0.717, 1.165) is 6.23 Å². The Morgan fingerprint density at radius 2 is 1.50 bits per heavy atom. The Kier molecular flexibility index (Phi) is 8.02. The lowest BCUT2D eigenvalue weighted by atomic mass is 9.96. The second kappa shape index (κ2) is 8.58. The van der Waals surface area contributed by atoms with Crippen LogP contribution in [-0.2, 0) is 8.54 Å². The summed E-state index contributed by atoms with van der Waals surface area (Å²) in [6.45, 7) is 16.1. The van der Waals surface area contributed by atoms with Crippen molar-refractivity contribution < 1.29 is 8.54 Å². The second-order valence-corrected chi connectivity index (χ2v) is 21.5. The van der Waals surface area contributed by atoms with Crippen LogP contribution in [0, 0.1) is 0 Å². The van der Waals surface area contributed by atoms with Gasteiger partial charge < -0.3 is 13.5 Å². The second-order valence-electron chi connectivity index (χ2n) is 8.84. The van der Waals surface area contributed by atoms with E-state index in [1.54, 1.807) is 0 Å². The van der Waals surface area contributed by atoms with E-state index in [1.807, 2.05) is 0 Å². The molecule has 0 aromatic carbocycles. The van der Waals surface area contributed by atoms with Crippen molar-refractivity contribution in [3.63, 3.8) is 0 Å². The van der Waals surface area contributed by atoms with E-state index in [4.69, 9.17) is 8.54 Å². The van der Waals surface area contributed by atoms with Crippen LogP contribution in [0.4, 0.5) is 0 Å². The molecule has 0 radical (unpaired) electrons. The molecule has 0 bridgehead atoms. The molecule has 0 aromatic heterocycles. The molecule has 132 valence electrons. The van der Waals surface area contributed by atoms with Gasteiger partial charge in [-0.2, -0.15) is 0 Å². The average Bonchev–Trinajstić information content (AvgIpc) is 2.35. The minimum Gasteiger partial charge on any atom is -0.443 e. The van der Waals surface area contributed by atoms with E-state index in [1.165, 1.54) is 44.6 Å². The Bertz CT molecular complexity index is 322. The molecule has 0 spiro atoms. The lowest BCUT2D eigenvalue weighted by molar-refractivity contribution is 0.316. The molecule has 6 heteroatoms. The molecule has 0 saturated heterocycles. The first-order valence-electron chi connectivity index (χ1n) is 9.17. The third kappa shape index (κ3) is 8.40. The molecule has 0 aliphatic heterocycles. The topological polar surface area (TPSA) is 30.5 Å². The van der Waals surface area contributed by atoms with E-state index in [-0.39, 0.29) is 0 Å². The van der Waals surface area contributed by atoms with Crippen LogP contribution in [0.25, 0.3) is 0 Å². The van der Waals surface area contributed by atoms with Crippen molar-refractivity contribution in [2.75, 3.05) is 6.23 Å². The third-order valence-electron chi connectivity index (χ3n) is 3.97. The summed E-state index contributed by atoms with van der Waals surface area (Å²) in [6.07, 6.45) is 8.82. The summed E-state index contributed by atoms with van der Waals surface area (Å²) in [7, 11) is -5.09. The minimum atomic E-state index is -2.00. The number of nitrogens with one attached hydrogen (secondary N) is 1. The van der Waals surface area contributed by atoms with Crippen LogP contribution in [0.5, 0.6) is 0 Å². The number of hydrogen-bond donors (Lipinski definition) is 1. The molecule has 1 N–H and O–H groups in total. The van der Waals surface area contributed by atoms with Crippen LogP contribution in [0.2, 0.25) is 45.3 Å². The molecule has 22 heavy (non-hydrogen) atoms. The van der Waals surface area contributed by atoms with Crippen molar-refractivity contribution in [3.8, 4) is 0 Å². The Hall–Kier alpha value is 0.531. The highest BCUT2D eigenvalue weighted by Gasteiger charge is 2.42. The summed E-state index contributed by atoms with van der Waals surface area (Å²) >= 11 is 0. The molecular formula is C16H39NO2Si3. The fraction of sp³-hybridized carbons (Fsp3) is 1.00. The first kappa shape index (κ1) is 20.6. The smallest absolute Gasteiger partial charge is 0.283 e. The largest absolute Gasteiger partial charge is 0.443 e. The fourth-order valence-electron chi connectivity index (χ4n) is 3.24. The van der Waals surface area contributed by atoms with Crippen LogP contribution in [0.1, 0.15) is 45.4 Å². The van der Waals surface area contributed by atoms with Crippen molar-refractivity contribution in [1.29, 1.82) is 0 Å². The highest BCUT2D eigenvalue weighted by Crippen LogP contribution is 2.25. The number of hydrogen-bond acceptors (Lipinski definition) is 3. The summed E-state index contributed by atoms with van der Waals surface area (Å²) < 4.78 is 13.2. The van der Waals surface area contributed by atoms with Gasteiger partial charge in [-0.1, -0.05) is 32.6 Å². The normalized spacial score (nSPS) is 20.9. The molecule has 0 amide bonds. The first-order valence-corrected chi connectivity index (χ1v) is 18.3. The predicted octanol–water partition coefficient (Wildman–Crippen LogP) is 5.00. The van der Waals surface area contributed by atoms with E-state index in [9.17, 15) is 0 Å². The molecule has 1 fully saturated rings. The van der Waals surface area contributed by atoms with Crippen molar-refractivity contribution in [2.24, 2.45) is 0 Å². The molecule has 1 saturated carbocycles. The van der Waals surface area contributed by atoms with Crippen molar-refractivity contribution in [3.05, 3.63) is 0 Å². The molecule has 1 aliphatic rings. The zero-order valence-corrected chi connectivity index (χ0v) is 19.1. The number of rotatable bonds is 9. The maximum Gasteiger partial charge on any atom is 0.283 e. The molecule has 3 nitrogen and oxygen atoms in total. The highest BCUT2D eigenvalue weighted by molar-refractivity contribution is 6.84. The van der Waals surface area contributed by atoms with Gasteiger partial charge in [-0.25, -0.2) is 0 Å². The van der Waals surface area contributed by atoms with Crippen molar-refractivity contribution in [1.82, 2.24) is 4.98 Å². The van der Waals surface area contributed by atoms with Crippen LogP contribution < -0.4 is 4.98 Å². The molecule has 1 atom stereocenters. The Balaban J connectivity index is 2.86. The van der Waals surface area contributed by atoms with Crippen LogP contribution in [0.15, 0.2) is 0 Å². The molecule has 0 aromatic rings. The average molecular weight is 362 g/mol. The zero-order chi connectivity index (χ0) is 16.9. The molecule has 1 rings (SSSR count). The van der Waals surface area contributed by atoms with E-state index in [2.05, 4.69) is 51.2 Å². The van der Waals surface area contributed by atoms with Crippen LogP contribution in [-0.4, -0.2) is 37.4 Å². The summed E-state index contributed by atoms with van der Waals surface area (Å²) in [5.74, 6) is 0. The summed E-state index contributed by atoms with van der Waals surface area (Å²) in [6, 6.07) is 1.84. The third-order valence-corrected chi connectivity index (χ3v) is 12.1. The van der Waals surface area contributed by atoms with Crippen LogP contribution >= 0.6 is 0 Å². The van der Waals surface area contributed by atoms with Crippen molar-refractivity contribution in [2.45, 2.75) is 96.8 Å². The van der Waals surface area contributed by atoms with Gasteiger partial charge in [-0.3, -0.25) is 0 Å². The van der Waals surface area contributed by atoms with Gasteiger partial charge in [0, 0.05) is 6.04 Å². The van der Waals surface area contributed by atoms with Gasteiger partial charge in [0.25, 0.3) is 8.48 Å². The SMILES string of the molecule is CCC[Si](CO[Si](C)(C)C)(NC1CCCCC1)O[Si](C)(C)C. The van der Waals surface area contributed by atoms with E-state index >= 15 is 0 Å². The zero-order valence-electron chi connectivity index (χ0n) is 16.1. The molecular weight excluding hydrogens is 322 g/mol. The Labute approximate surface area is 142 Å². The van der Waals surface area contributed by atoms with Gasteiger partial charge in [0.2, 0.25) is 0 Å². The predicted molar refractivity (Wildman–Crippen MR) is 105 cm³/mol. The maximum absolute atomic E-state index is 6.83. The highest BCUT2D eigenvalue weighted by atomic mass is 28.4. The molecule has 1 aliphatic carbocycles. The van der Waals surface area contributed by atoms with Crippen molar-refractivity contribution >= 4 is 25.1 Å². The Morgan fingerprint density at radius 3 is 1.95 bits per heavy atom. The summed E-state index contributed by atoms with van der Waals surface area (Å²) in [5, 5.41) is 0. The van der Waals surface area contributed by atoms with E-state index in [0.29, 0.717) is 6.04 Å². The van der Waals surface area contributed by atoms with E-state index < -0.39 is 25.1 Å². The maximum atomic E-state index is 6.83. The quantitative estimate of drug-likeness (QED) is 0.586. The molecule has 1 unspecified atom stereocenters. The lowest BCUT2D eigenvalue weighted by Crippen LogP contribution is -2.65. The lowest BCUT2D eigenvalue weighted by Gasteiger charge is -2.42. The van der Waals surface area contributed by atoms with Gasteiger partial charge in [0.05, 0.1) is 6.23 Å². The monoisotopic (exact) mass is 361 g/mol.